The van der Waals surface area contributed by atoms with Crippen LogP contribution < -0.4 is 5.73 Å². The molecule has 0 aliphatic rings. The van der Waals surface area contributed by atoms with E-state index in [1.807, 2.05) is 0 Å². The molecule has 0 spiro atoms. The molecule has 0 saturated heterocycles. The van der Waals surface area contributed by atoms with Gasteiger partial charge in [-0.1, -0.05) is 32.6 Å². The number of aromatic nitrogens is 2. The Balaban J connectivity index is 2.26. The minimum atomic E-state index is -0.391. The fourth-order valence-electron chi connectivity index (χ4n) is 1.64. The number of hydrogen-bond donors (Lipinski definition) is 1. The number of hydrogen-bond acceptors (Lipinski definition) is 4. The van der Waals surface area contributed by atoms with E-state index in [9.17, 15) is 4.79 Å². The monoisotopic (exact) mass is 239 g/mol. The summed E-state index contributed by atoms with van der Waals surface area (Å²) in [5, 5.41) is 3.90. The van der Waals surface area contributed by atoms with Crippen LogP contribution in [-0.4, -0.2) is 22.4 Å². The predicted octanol–water partition coefficient (Wildman–Crippen LogP) is 2.13. The Kier molecular flexibility index (Phi) is 5.52. The summed E-state index contributed by atoms with van der Waals surface area (Å²) in [4.78, 5) is 11.7. The zero-order valence-electron chi connectivity index (χ0n) is 10.6. The Morgan fingerprint density at radius 3 is 2.71 bits per heavy atom. The number of nitrogen functional groups attached to an aromatic ring is 1. The molecule has 0 aromatic carbocycles. The summed E-state index contributed by atoms with van der Waals surface area (Å²) >= 11 is 0. The highest BCUT2D eigenvalue weighted by Crippen LogP contribution is 2.11. The van der Waals surface area contributed by atoms with Crippen molar-refractivity contribution in [1.29, 1.82) is 0 Å². The smallest absolute Gasteiger partial charge is 0.358 e. The summed E-state index contributed by atoms with van der Waals surface area (Å²) in [6.45, 7) is 2.62. The lowest BCUT2D eigenvalue weighted by Crippen LogP contribution is -2.13. The first-order chi connectivity index (χ1) is 8.16. The van der Waals surface area contributed by atoms with Crippen LogP contribution in [0.5, 0.6) is 0 Å². The number of unbranched alkanes of at least 4 members (excludes halogenated alkanes) is 4. The van der Waals surface area contributed by atoms with E-state index in [0.717, 1.165) is 12.8 Å². The maximum absolute atomic E-state index is 11.7. The van der Waals surface area contributed by atoms with Gasteiger partial charge in [0.1, 0.15) is 0 Å². The average molecular weight is 239 g/mol. The molecule has 0 radical (unpaired) electrons. The third kappa shape index (κ3) is 4.09. The van der Waals surface area contributed by atoms with Gasteiger partial charge in [0.05, 0.1) is 18.5 Å². The molecule has 17 heavy (non-hydrogen) atoms. The summed E-state index contributed by atoms with van der Waals surface area (Å²) in [7, 11) is 1.67. The quantitative estimate of drug-likeness (QED) is 0.584. The number of rotatable bonds is 7. The molecule has 1 rings (SSSR count). The molecule has 1 aromatic rings. The fraction of sp³-hybridized carbons (Fsp3) is 0.667. The highest BCUT2D eigenvalue weighted by atomic mass is 16.5. The molecule has 1 heterocycles. The van der Waals surface area contributed by atoms with Crippen LogP contribution in [0.1, 0.15) is 49.5 Å². The number of anilines is 1. The summed E-state index contributed by atoms with van der Waals surface area (Å²) in [5.41, 5.74) is 6.32. The van der Waals surface area contributed by atoms with E-state index >= 15 is 0 Å². The van der Waals surface area contributed by atoms with Gasteiger partial charge in [0.15, 0.2) is 5.69 Å². The van der Waals surface area contributed by atoms with Gasteiger partial charge in [-0.25, -0.2) is 4.79 Å². The highest BCUT2D eigenvalue weighted by Gasteiger charge is 2.15. The van der Waals surface area contributed by atoms with E-state index < -0.39 is 5.97 Å². The molecule has 0 unspecified atom stereocenters. The molecule has 0 bridgehead atoms. The highest BCUT2D eigenvalue weighted by molar-refractivity contribution is 5.92. The third-order valence-electron chi connectivity index (χ3n) is 2.64. The van der Waals surface area contributed by atoms with Gasteiger partial charge in [0.25, 0.3) is 0 Å². The van der Waals surface area contributed by atoms with Crippen molar-refractivity contribution < 1.29 is 9.53 Å². The molecule has 0 aliphatic heterocycles. The lowest BCUT2D eigenvalue weighted by Gasteiger charge is -2.05. The first kappa shape index (κ1) is 13.5. The van der Waals surface area contributed by atoms with Gasteiger partial charge in [0, 0.05) is 7.05 Å². The zero-order chi connectivity index (χ0) is 12.7. The molecule has 0 fully saturated rings. The van der Waals surface area contributed by atoms with E-state index in [4.69, 9.17) is 10.5 Å². The van der Waals surface area contributed by atoms with Gasteiger partial charge in [-0.3, -0.25) is 4.68 Å². The SMILES string of the molecule is CCCCCCCOC(=O)c1c(N)cnn1C. The summed E-state index contributed by atoms with van der Waals surface area (Å²) in [6.07, 6.45) is 7.11. The molecule has 0 aliphatic carbocycles. The van der Waals surface area contributed by atoms with Gasteiger partial charge in [-0.2, -0.15) is 5.10 Å². The maximum atomic E-state index is 11.7. The van der Waals surface area contributed by atoms with E-state index in [1.54, 1.807) is 7.05 Å². The van der Waals surface area contributed by atoms with Crippen molar-refractivity contribution in [2.75, 3.05) is 12.3 Å². The molecule has 96 valence electrons. The van der Waals surface area contributed by atoms with Crippen LogP contribution in [0.3, 0.4) is 0 Å². The van der Waals surface area contributed by atoms with Crippen LogP contribution in [0.25, 0.3) is 0 Å². The van der Waals surface area contributed by atoms with Crippen molar-refractivity contribution >= 4 is 11.7 Å². The molecule has 5 nitrogen and oxygen atoms in total. The van der Waals surface area contributed by atoms with Crippen molar-refractivity contribution in [3.8, 4) is 0 Å². The number of nitrogens with two attached hydrogens (primary N) is 1. The Bertz CT molecular complexity index is 341. The Morgan fingerprint density at radius 2 is 2.12 bits per heavy atom. The minimum absolute atomic E-state index is 0.332. The van der Waals surface area contributed by atoms with Gasteiger partial charge in [-0.05, 0) is 6.42 Å². The number of nitrogens with zero attached hydrogens (tertiary/aromatic N) is 2. The molecule has 1 aromatic heterocycles. The van der Waals surface area contributed by atoms with Gasteiger partial charge in [0.2, 0.25) is 0 Å². The van der Waals surface area contributed by atoms with Crippen molar-refractivity contribution in [2.45, 2.75) is 39.0 Å². The van der Waals surface area contributed by atoms with Gasteiger partial charge >= 0.3 is 5.97 Å². The molecule has 0 atom stereocenters. The lowest BCUT2D eigenvalue weighted by atomic mass is 10.2. The third-order valence-corrected chi connectivity index (χ3v) is 2.64. The standard InChI is InChI=1S/C12H21N3O2/c1-3-4-5-6-7-8-17-12(16)11-10(13)9-14-15(11)2/h9H,3-8,13H2,1-2H3. The Hall–Kier alpha value is -1.52. The molecular formula is C12H21N3O2. The van der Waals surface area contributed by atoms with Gasteiger partial charge < -0.3 is 10.5 Å². The van der Waals surface area contributed by atoms with Crippen molar-refractivity contribution in [3.63, 3.8) is 0 Å². The van der Waals surface area contributed by atoms with E-state index in [0.29, 0.717) is 18.0 Å². The average Bonchev–Trinajstić information content (AvgIpc) is 2.63. The largest absolute Gasteiger partial charge is 0.461 e. The summed E-state index contributed by atoms with van der Waals surface area (Å²) in [5.74, 6) is -0.391. The van der Waals surface area contributed by atoms with E-state index in [2.05, 4.69) is 12.0 Å². The van der Waals surface area contributed by atoms with Crippen molar-refractivity contribution in [2.24, 2.45) is 7.05 Å². The second-order valence-electron chi connectivity index (χ2n) is 4.12. The number of aryl methyl sites for hydroxylation is 1. The van der Waals surface area contributed by atoms with E-state index in [-0.39, 0.29) is 0 Å². The summed E-state index contributed by atoms with van der Waals surface area (Å²) in [6, 6.07) is 0. The number of ether oxygens (including phenoxy) is 1. The fourth-order valence-corrected chi connectivity index (χ4v) is 1.64. The Labute approximate surface area is 102 Å². The number of carbonyl (C=O) groups is 1. The number of esters is 1. The van der Waals surface area contributed by atoms with Crippen LogP contribution in [-0.2, 0) is 11.8 Å². The molecule has 0 amide bonds. The maximum Gasteiger partial charge on any atom is 0.358 e. The lowest BCUT2D eigenvalue weighted by molar-refractivity contribution is 0.0486. The van der Waals surface area contributed by atoms with Crippen molar-refractivity contribution in [3.05, 3.63) is 11.9 Å². The van der Waals surface area contributed by atoms with Crippen LogP contribution in [0.4, 0.5) is 5.69 Å². The van der Waals surface area contributed by atoms with Crippen LogP contribution in [0.15, 0.2) is 6.20 Å². The van der Waals surface area contributed by atoms with Crippen LogP contribution >= 0.6 is 0 Å². The second kappa shape index (κ2) is 6.93. The Morgan fingerprint density at radius 1 is 1.41 bits per heavy atom. The number of carbonyl (C=O) groups excluding carboxylic acids is 1. The first-order valence-electron chi connectivity index (χ1n) is 6.11. The molecule has 2 N–H and O–H groups in total. The van der Waals surface area contributed by atoms with Crippen LogP contribution in [0.2, 0.25) is 0 Å². The van der Waals surface area contributed by atoms with Crippen LogP contribution in [0, 0.1) is 0 Å². The zero-order valence-corrected chi connectivity index (χ0v) is 10.6. The van der Waals surface area contributed by atoms with E-state index in [1.165, 1.54) is 30.1 Å². The predicted molar refractivity (Wildman–Crippen MR) is 66.7 cm³/mol. The van der Waals surface area contributed by atoms with Crippen molar-refractivity contribution in [1.82, 2.24) is 9.78 Å². The topological polar surface area (TPSA) is 70.1 Å². The summed E-state index contributed by atoms with van der Waals surface area (Å²) < 4.78 is 6.59. The van der Waals surface area contributed by atoms with Gasteiger partial charge in [-0.15, -0.1) is 0 Å². The molecule has 5 heteroatoms. The first-order valence-corrected chi connectivity index (χ1v) is 6.11. The molecular weight excluding hydrogens is 218 g/mol. The normalized spacial score (nSPS) is 10.5. The minimum Gasteiger partial charge on any atom is -0.461 e. The second-order valence-corrected chi connectivity index (χ2v) is 4.12. The molecule has 0 saturated carbocycles.